The Kier molecular flexibility index (Phi) is 2.06. The van der Waals surface area contributed by atoms with E-state index in [1.807, 2.05) is 0 Å². The van der Waals surface area contributed by atoms with Crippen LogP contribution in [0.4, 0.5) is 0 Å². The lowest BCUT2D eigenvalue weighted by Gasteiger charge is -2.40. The van der Waals surface area contributed by atoms with Crippen molar-refractivity contribution in [1.82, 2.24) is 0 Å². The zero-order valence-electron chi connectivity index (χ0n) is 7.53. The molecule has 3 nitrogen and oxygen atoms in total. The Morgan fingerprint density at radius 2 is 1.67 bits per heavy atom. The zero-order chi connectivity index (χ0) is 8.77. The van der Waals surface area contributed by atoms with Gasteiger partial charge >= 0.3 is 7.60 Å². The van der Waals surface area contributed by atoms with Crippen LogP contribution in [0.25, 0.3) is 0 Å². The summed E-state index contributed by atoms with van der Waals surface area (Å²) in [4.78, 5) is 0. The molecule has 0 aromatic rings. The number of hydrogen-bond acceptors (Lipinski definition) is 3. The van der Waals surface area contributed by atoms with Crippen molar-refractivity contribution < 1.29 is 13.6 Å². The Labute approximate surface area is 73.0 Å². The van der Waals surface area contributed by atoms with E-state index in [2.05, 4.69) is 6.92 Å². The van der Waals surface area contributed by atoms with E-state index in [0.29, 0.717) is 5.92 Å². The van der Waals surface area contributed by atoms with Gasteiger partial charge in [0.2, 0.25) is 0 Å². The van der Waals surface area contributed by atoms with Gasteiger partial charge in [0.05, 0.1) is 12.2 Å². The van der Waals surface area contributed by atoms with Crippen molar-refractivity contribution >= 4 is 7.60 Å². The fourth-order valence-corrected chi connectivity index (χ4v) is 3.70. The molecule has 2 unspecified atom stereocenters. The first-order valence-corrected chi connectivity index (χ1v) is 6.48. The standard InChI is InChI=1S/C8H15O3P/c1-6-3-7-5-8(4-6)11-12(2,9)10-7/h6-8H,3-5H2,1-2H3. The van der Waals surface area contributed by atoms with Crippen LogP contribution in [0.1, 0.15) is 26.2 Å². The molecule has 0 amide bonds. The maximum atomic E-state index is 11.5. The molecule has 70 valence electrons. The van der Waals surface area contributed by atoms with E-state index in [1.165, 1.54) is 0 Å². The van der Waals surface area contributed by atoms with Crippen LogP contribution in [0.15, 0.2) is 0 Å². The highest BCUT2D eigenvalue weighted by molar-refractivity contribution is 7.53. The van der Waals surface area contributed by atoms with E-state index in [9.17, 15) is 4.57 Å². The van der Waals surface area contributed by atoms with Gasteiger partial charge in [0, 0.05) is 13.1 Å². The second-order valence-corrected chi connectivity index (χ2v) is 6.00. The average Bonchev–Trinajstić information content (AvgIpc) is 1.78. The van der Waals surface area contributed by atoms with E-state index in [4.69, 9.17) is 9.05 Å². The lowest BCUT2D eigenvalue weighted by atomic mass is 9.87. The van der Waals surface area contributed by atoms with Gasteiger partial charge in [0.25, 0.3) is 0 Å². The summed E-state index contributed by atoms with van der Waals surface area (Å²) < 4.78 is 22.2. The third kappa shape index (κ3) is 1.73. The quantitative estimate of drug-likeness (QED) is 0.550. The van der Waals surface area contributed by atoms with E-state index in [1.54, 1.807) is 6.66 Å². The van der Waals surface area contributed by atoms with Crippen molar-refractivity contribution in [2.75, 3.05) is 6.66 Å². The molecule has 1 saturated heterocycles. The highest BCUT2D eigenvalue weighted by Crippen LogP contribution is 2.54. The molecule has 1 heterocycles. The Morgan fingerprint density at radius 1 is 1.17 bits per heavy atom. The predicted molar refractivity (Wildman–Crippen MR) is 46.3 cm³/mol. The summed E-state index contributed by atoms with van der Waals surface area (Å²) in [7, 11) is -2.69. The molecule has 0 N–H and O–H groups in total. The van der Waals surface area contributed by atoms with Crippen molar-refractivity contribution in [3.63, 3.8) is 0 Å². The molecule has 12 heavy (non-hydrogen) atoms. The minimum Gasteiger partial charge on any atom is -0.305 e. The Hall–Kier alpha value is 0.150. The monoisotopic (exact) mass is 190 g/mol. The fraction of sp³-hybridized carbons (Fsp3) is 1.00. The van der Waals surface area contributed by atoms with Crippen LogP contribution >= 0.6 is 7.60 Å². The summed E-state index contributed by atoms with van der Waals surface area (Å²) in [6, 6.07) is 0. The Bertz CT molecular complexity index is 206. The number of fused-ring (bicyclic) bond motifs is 2. The molecule has 0 spiro atoms. The van der Waals surface area contributed by atoms with Crippen molar-refractivity contribution in [2.45, 2.75) is 38.4 Å². The molecule has 1 aliphatic heterocycles. The molecular formula is C8H15O3P. The van der Waals surface area contributed by atoms with Crippen molar-refractivity contribution in [2.24, 2.45) is 5.92 Å². The number of hydrogen-bond donors (Lipinski definition) is 0. The van der Waals surface area contributed by atoms with Crippen LogP contribution in [0.3, 0.4) is 0 Å². The normalized spacial score (nSPS) is 53.7. The van der Waals surface area contributed by atoms with Gasteiger partial charge in [-0.3, -0.25) is 4.57 Å². The van der Waals surface area contributed by atoms with Gasteiger partial charge in [-0.2, -0.15) is 0 Å². The first kappa shape index (κ1) is 8.74. The Morgan fingerprint density at radius 3 is 2.17 bits per heavy atom. The van der Waals surface area contributed by atoms with E-state index in [-0.39, 0.29) is 12.2 Å². The van der Waals surface area contributed by atoms with Crippen molar-refractivity contribution in [1.29, 1.82) is 0 Å². The highest BCUT2D eigenvalue weighted by atomic mass is 31.2. The fourth-order valence-electron chi connectivity index (χ4n) is 2.22. The molecule has 2 atom stereocenters. The second kappa shape index (κ2) is 2.83. The van der Waals surface area contributed by atoms with Crippen LogP contribution in [0.5, 0.6) is 0 Å². The largest absolute Gasteiger partial charge is 0.328 e. The molecule has 2 aliphatic rings. The average molecular weight is 190 g/mol. The molecule has 1 saturated carbocycles. The van der Waals surface area contributed by atoms with Gasteiger partial charge in [0.15, 0.2) is 0 Å². The Balaban J connectivity index is 2.11. The maximum Gasteiger partial charge on any atom is 0.328 e. The van der Waals surface area contributed by atoms with Crippen molar-refractivity contribution in [3.05, 3.63) is 0 Å². The summed E-state index contributed by atoms with van der Waals surface area (Å²) in [5, 5.41) is 0. The minimum absolute atomic E-state index is 0.184. The highest BCUT2D eigenvalue weighted by Gasteiger charge is 2.39. The first-order valence-electron chi connectivity index (χ1n) is 4.49. The van der Waals surface area contributed by atoms with Gasteiger partial charge in [-0.05, 0) is 18.8 Å². The second-order valence-electron chi connectivity index (χ2n) is 4.04. The smallest absolute Gasteiger partial charge is 0.305 e. The summed E-state index contributed by atoms with van der Waals surface area (Å²) in [5.41, 5.74) is 0. The maximum absolute atomic E-state index is 11.5. The third-order valence-electron chi connectivity index (χ3n) is 2.54. The molecule has 2 rings (SSSR count). The van der Waals surface area contributed by atoms with Gasteiger partial charge in [-0.15, -0.1) is 0 Å². The van der Waals surface area contributed by atoms with E-state index in [0.717, 1.165) is 19.3 Å². The van der Waals surface area contributed by atoms with Crippen LogP contribution in [-0.2, 0) is 13.6 Å². The molecule has 1 aliphatic carbocycles. The van der Waals surface area contributed by atoms with Crippen LogP contribution in [0, 0.1) is 5.92 Å². The summed E-state index contributed by atoms with van der Waals surface area (Å²) >= 11 is 0. The van der Waals surface area contributed by atoms with Crippen molar-refractivity contribution in [3.8, 4) is 0 Å². The molecule has 0 radical (unpaired) electrons. The van der Waals surface area contributed by atoms with Gasteiger partial charge in [0.1, 0.15) is 0 Å². The third-order valence-corrected chi connectivity index (χ3v) is 3.90. The summed E-state index contributed by atoms with van der Waals surface area (Å²) in [5.74, 6) is 0.647. The lowest BCUT2D eigenvalue weighted by Crippen LogP contribution is -2.35. The number of rotatable bonds is 0. The molecule has 0 aromatic heterocycles. The van der Waals surface area contributed by atoms with Crippen LogP contribution in [-0.4, -0.2) is 18.9 Å². The molecule has 2 bridgehead atoms. The van der Waals surface area contributed by atoms with Crippen LogP contribution in [0.2, 0.25) is 0 Å². The first-order chi connectivity index (χ1) is 5.55. The zero-order valence-corrected chi connectivity index (χ0v) is 8.42. The summed E-state index contributed by atoms with van der Waals surface area (Å²) in [6.45, 7) is 3.76. The molecular weight excluding hydrogens is 175 g/mol. The van der Waals surface area contributed by atoms with Crippen LogP contribution < -0.4 is 0 Å². The van der Waals surface area contributed by atoms with E-state index < -0.39 is 7.60 Å². The predicted octanol–water partition coefficient (Wildman–Crippen LogP) is 2.41. The van der Waals surface area contributed by atoms with Gasteiger partial charge < -0.3 is 9.05 Å². The van der Waals surface area contributed by atoms with Gasteiger partial charge in [-0.25, -0.2) is 0 Å². The lowest BCUT2D eigenvalue weighted by molar-refractivity contribution is -0.0169. The molecule has 0 aromatic carbocycles. The summed E-state index contributed by atoms with van der Waals surface area (Å²) in [6.07, 6.45) is 3.38. The minimum atomic E-state index is -2.69. The van der Waals surface area contributed by atoms with Gasteiger partial charge in [-0.1, -0.05) is 6.92 Å². The molecule has 4 heteroatoms. The molecule has 2 fully saturated rings. The SMILES string of the molecule is CC1CC2CC(C1)OP(C)(=O)O2. The van der Waals surface area contributed by atoms with E-state index >= 15 is 0 Å². The topological polar surface area (TPSA) is 35.5 Å².